The molecule has 6 heteroatoms. The van der Waals surface area contributed by atoms with E-state index in [0.29, 0.717) is 23.5 Å². The molecule has 1 amide bonds. The zero-order valence-corrected chi connectivity index (χ0v) is 16.4. The number of nitrogens with two attached hydrogens (primary N) is 1. The summed E-state index contributed by atoms with van der Waals surface area (Å²) in [7, 11) is 0. The molecule has 0 atom stereocenters. The summed E-state index contributed by atoms with van der Waals surface area (Å²) in [5.74, 6) is 1.32. The standard InChI is InChI=1S/C24H20FN3O2/c1-15-8-10-19(30-15)13-21-20(24(26)29)6-3-7-22(21)28-23-11-9-17(14-27-23)16-4-2-5-18(25)12-16/h2-12,14H,13H2,1H3,(H2,26,29)(H,27,28). The smallest absolute Gasteiger partial charge is 0.249 e. The molecule has 0 fully saturated rings. The second-order valence-electron chi connectivity index (χ2n) is 6.95. The molecule has 4 rings (SSSR count). The fraction of sp³-hybridized carbons (Fsp3) is 0.0833. The van der Waals surface area contributed by atoms with Crippen molar-refractivity contribution in [3.8, 4) is 11.1 Å². The van der Waals surface area contributed by atoms with E-state index in [2.05, 4.69) is 10.3 Å². The molecule has 30 heavy (non-hydrogen) atoms. The van der Waals surface area contributed by atoms with Crippen LogP contribution in [0.4, 0.5) is 15.9 Å². The van der Waals surface area contributed by atoms with Crippen molar-refractivity contribution in [1.82, 2.24) is 4.98 Å². The van der Waals surface area contributed by atoms with Crippen LogP contribution in [0.25, 0.3) is 11.1 Å². The van der Waals surface area contributed by atoms with Gasteiger partial charge in [0.25, 0.3) is 0 Å². The minimum absolute atomic E-state index is 0.296. The molecule has 4 aromatic rings. The fourth-order valence-electron chi connectivity index (χ4n) is 3.32. The monoisotopic (exact) mass is 401 g/mol. The molecule has 2 aromatic carbocycles. The third kappa shape index (κ3) is 4.22. The molecular weight excluding hydrogens is 381 g/mol. The normalized spacial score (nSPS) is 10.7. The Labute approximate surface area is 173 Å². The number of nitrogens with zero attached hydrogens (tertiary/aromatic N) is 1. The molecule has 0 unspecified atom stereocenters. The number of hydrogen-bond donors (Lipinski definition) is 2. The maximum Gasteiger partial charge on any atom is 0.249 e. The lowest BCUT2D eigenvalue weighted by molar-refractivity contribution is 0.0999. The van der Waals surface area contributed by atoms with Gasteiger partial charge < -0.3 is 15.5 Å². The van der Waals surface area contributed by atoms with Crippen LogP contribution in [0.15, 0.2) is 77.3 Å². The summed E-state index contributed by atoms with van der Waals surface area (Å²) in [6.07, 6.45) is 2.08. The van der Waals surface area contributed by atoms with Crippen molar-refractivity contribution in [2.45, 2.75) is 13.3 Å². The lowest BCUT2D eigenvalue weighted by Crippen LogP contribution is -2.15. The number of rotatable bonds is 6. The molecule has 0 saturated carbocycles. The van der Waals surface area contributed by atoms with Crippen molar-refractivity contribution in [1.29, 1.82) is 0 Å². The minimum atomic E-state index is -0.508. The maximum atomic E-state index is 13.5. The van der Waals surface area contributed by atoms with E-state index in [4.69, 9.17) is 10.2 Å². The minimum Gasteiger partial charge on any atom is -0.466 e. The molecule has 3 N–H and O–H groups in total. The van der Waals surface area contributed by atoms with E-state index < -0.39 is 5.91 Å². The third-order valence-corrected chi connectivity index (χ3v) is 4.77. The van der Waals surface area contributed by atoms with Gasteiger partial charge in [-0.15, -0.1) is 0 Å². The zero-order valence-electron chi connectivity index (χ0n) is 16.4. The Hall–Kier alpha value is -3.93. The van der Waals surface area contributed by atoms with Crippen molar-refractivity contribution in [3.63, 3.8) is 0 Å². The lowest BCUT2D eigenvalue weighted by atomic mass is 10.00. The third-order valence-electron chi connectivity index (χ3n) is 4.77. The summed E-state index contributed by atoms with van der Waals surface area (Å²) in [5.41, 5.74) is 9.01. The number of halogens is 1. The van der Waals surface area contributed by atoms with Gasteiger partial charge in [-0.25, -0.2) is 9.37 Å². The summed E-state index contributed by atoms with van der Waals surface area (Å²) in [6, 6.07) is 19.1. The SMILES string of the molecule is Cc1ccc(Cc2c(Nc3ccc(-c4cccc(F)c4)cn3)cccc2C(N)=O)o1. The van der Waals surface area contributed by atoms with Crippen LogP contribution in [0, 0.1) is 12.7 Å². The van der Waals surface area contributed by atoms with E-state index in [-0.39, 0.29) is 5.82 Å². The summed E-state index contributed by atoms with van der Waals surface area (Å²) < 4.78 is 19.1. The molecule has 0 aliphatic carbocycles. The highest BCUT2D eigenvalue weighted by Crippen LogP contribution is 2.28. The molecule has 0 aliphatic heterocycles. The molecule has 0 saturated heterocycles. The van der Waals surface area contributed by atoms with Crippen LogP contribution < -0.4 is 11.1 Å². The number of primary amides is 1. The van der Waals surface area contributed by atoms with Crippen LogP contribution in [0.1, 0.15) is 27.4 Å². The van der Waals surface area contributed by atoms with Crippen LogP contribution in [0.3, 0.4) is 0 Å². The van der Waals surface area contributed by atoms with E-state index in [1.807, 2.05) is 37.3 Å². The summed E-state index contributed by atoms with van der Waals surface area (Å²) in [6.45, 7) is 1.87. The molecule has 2 aromatic heterocycles. The lowest BCUT2D eigenvalue weighted by Gasteiger charge is -2.14. The maximum absolute atomic E-state index is 13.5. The van der Waals surface area contributed by atoms with Crippen molar-refractivity contribution in [2.75, 3.05) is 5.32 Å². The van der Waals surface area contributed by atoms with Gasteiger partial charge in [0, 0.05) is 29.4 Å². The Balaban J connectivity index is 1.64. The Morgan fingerprint density at radius 3 is 2.57 bits per heavy atom. The largest absolute Gasteiger partial charge is 0.466 e. The van der Waals surface area contributed by atoms with E-state index >= 15 is 0 Å². The van der Waals surface area contributed by atoms with Gasteiger partial charge in [-0.2, -0.15) is 0 Å². The molecular formula is C24H20FN3O2. The van der Waals surface area contributed by atoms with Crippen LogP contribution in [-0.2, 0) is 6.42 Å². The fourth-order valence-corrected chi connectivity index (χ4v) is 3.32. The number of pyridine rings is 1. The highest BCUT2D eigenvalue weighted by molar-refractivity contribution is 5.96. The number of anilines is 2. The Kier molecular flexibility index (Phi) is 5.30. The molecule has 150 valence electrons. The molecule has 0 bridgehead atoms. The summed E-state index contributed by atoms with van der Waals surface area (Å²) in [5, 5.41) is 3.25. The van der Waals surface area contributed by atoms with E-state index in [1.54, 1.807) is 30.5 Å². The number of aryl methyl sites for hydroxylation is 1. The molecule has 2 heterocycles. The van der Waals surface area contributed by atoms with E-state index in [9.17, 15) is 9.18 Å². The van der Waals surface area contributed by atoms with Crippen molar-refractivity contribution >= 4 is 17.4 Å². The Morgan fingerprint density at radius 2 is 1.90 bits per heavy atom. The Morgan fingerprint density at radius 1 is 1.07 bits per heavy atom. The summed E-state index contributed by atoms with van der Waals surface area (Å²) >= 11 is 0. The molecule has 5 nitrogen and oxygen atoms in total. The number of nitrogens with one attached hydrogen (secondary N) is 1. The van der Waals surface area contributed by atoms with Gasteiger partial charge in [0.15, 0.2) is 0 Å². The average molecular weight is 401 g/mol. The van der Waals surface area contributed by atoms with Gasteiger partial charge in [-0.1, -0.05) is 18.2 Å². The van der Waals surface area contributed by atoms with Gasteiger partial charge >= 0.3 is 0 Å². The number of amides is 1. The highest BCUT2D eigenvalue weighted by atomic mass is 19.1. The number of carbonyl (C=O) groups excluding carboxylic acids is 1. The number of benzene rings is 2. The first-order chi connectivity index (χ1) is 14.5. The first kappa shape index (κ1) is 19.4. The van der Waals surface area contributed by atoms with Crippen LogP contribution in [0.2, 0.25) is 0 Å². The summed E-state index contributed by atoms with van der Waals surface area (Å²) in [4.78, 5) is 16.4. The predicted molar refractivity (Wildman–Crippen MR) is 114 cm³/mol. The number of hydrogen-bond acceptors (Lipinski definition) is 4. The molecule has 0 aliphatic rings. The first-order valence-electron chi connectivity index (χ1n) is 9.45. The second-order valence-corrected chi connectivity index (χ2v) is 6.95. The van der Waals surface area contributed by atoms with Gasteiger partial charge in [-0.05, 0) is 66.6 Å². The van der Waals surface area contributed by atoms with Crippen molar-refractivity contribution < 1.29 is 13.6 Å². The molecule has 0 radical (unpaired) electrons. The second kappa shape index (κ2) is 8.21. The van der Waals surface area contributed by atoms with Gasteiger partial charge in [0.1, 0.15) is 23.2 Å². The Bertz CT molecular complexity index is 1200. The first-order valence-corrected chi connectivity index (χ1v) is 9.45. The molecule has 0 spiro atoms. The highest BCUT2D eigenvalue weighted by Gasteiger charge is 2.15. The van der Waals surface area contributed by atoms with Crippen LogP contribution >= 0.6 is 0 Å². The van der Waals surface area contributed by atoms with Gasteiger partial charge in [0.05, 0.1) is 0 Å². The van der Waals surface area contributed by atoms with E-state index in [1.165, 1.54) is 12.1 Å². The van der Waals surface area contributed by atoms with Crippen molar-refractivity contribution in [2.24, 2.45) is 5.73 Å². The van der Waals surface area contributed by atoms with Crippen LogP contribution in [-0.4, -0.2) is 10.9 Å². The van der Waals surface area contributed by atoms with E-state index in [0.717, 1.165) is 28.2 Å². The predicted octanol–water partition coefficient (Wildman–Crippen LogP) is 5.22. The van der Waals surface area contributed by atoms with Crippen LogP contribution in [0.5, 0.6) is 0 Å². The quantitative estimate of drug-likeness (QED) is 0.464. The number of carbonyl (C=O) groups is 1. The topological polar surface area (TPSA) is 81.1 Å². The zero-order chi connectivity index (χ0) is 21.1. The number of furan rings is 1. The number of aromatic nitrogens is 1. The van der Waals surface area contributed by atoms with Gasteiger partial charge in [0.2, 0.25) is 5.91 Å². The van der Waals surface area contributed by atoms with Crippen molar-refractivity contribution in [3.05, 3.63) is 101 Å². The van der Waals surface area contributed by atoms with Gasteiger partial charge in [-0.3, -0.25) is 4.79 Å². The average Bonchev–Trinajstić information content (AvgIpc) is 3.14.